The zero-order valence-electron chi connectivity index (χ0n) is 53.6. The van der Waals surface area contributed by atoms with Gasteiger partial charge in [-0.05, 0) is 77.0 Å². The van der Waals surface area contributed by atoms with Gasteiger partial charge >= 0.3 is 19.8 Å². The Labute approximate surface area is 496 Å². The lowest BCUT2D eigenvalue weighted by Crippen LogP contribution is -2.37. The average Bonchev–Trinajstić information content (AvgIpc) is 3.42. The minimum Gasteiger partial charge on any atom is -0.462 e. The van der Waals surface area contributed by atoms with Crippen LogP contribution in [0.5, 0.6) is 0 Å². The molecule has 10 heteroatoms. The molecule has 1 N–H and O–H groups in total. The van der Waals surface area contributed by atoms with Crippen LogP contribution >= 0.6 is 7.82 Å². The van der Waals surface area contributed by atoms with Gasteiger partial charge < -0.3 is 18.9 Å². The second-order valence-corrected chi connectivity index (χ2v) is 26.0. The summed E-state index contributed by atoms with van der Waals surface area (Å²) in [6, 6.07) is 0. The van der Waals surface area contributed by atoms with Crippen molar-refractivity contribution in [1.29, 1.82) is 0 Å². The summed E-state index contributed by atoms with van der Waals surface area (Å²) >= 11 is 0. The monoisotopic (exact) mass is 1150 g/mol. The van der Waals surface area contributed by atoms with E-state index in [4.69, 9.17) is 18.5 Å². The molecule has 0 saturated carbocycles. The number of phosphoric ester groups is 1. The molecule has 80 heavy (non-hydrogen) atoms. The van der Waals surface area contributed by atoms with Crippen molar-refractivity contribution in [2.24, 2.45) is 0 Å². The molecule has 2 atom stereocenters. The van der Waals surface area contributed by atoms with Gasteiger partial charge in [0, 0.05) is 12.8 Å². The van der Waals surface area contributed by atoms with Gasteiger partial charge in [-0.25, -0.2) is 4.57 Å². The molecule has 0 heterocycles. The van der Waals surface area contributed by atoms with Crippen LogP contribution in [-0.2, 0) is 32.7 Å². The molecule has 0 aromatic rings. The van der Waals surface area contributed by atoms with Gasteiger partial charge in [-0.2, -0.15) is 0 Å². The number of hydrogen-bond donors (Lipinski definition) is 1. The van der Waals surface area contributed by atoms with Gasteiger partial charge in [-0.15, -0.1) is 0 Å². The van der Waals surface area contributed by atoms with E-state index >= 15 is 0 Å². The van der Waals surface area contributed by atoms with Crippen molar-refractivity contribution in [3.8, 4) is 0 Å². The zero-order chi connectivity index (χ0) is 58.4. The van der Waals surface area contributed by atoms with E-state index in [1.807, 2.05) is 21.1 Å². The van der Waals surface area contributed by atoms with Crippen molar-refractivity contribution in [3.05, 3.63) is 48.6 Å². The van der Waals surface area contributed by atoms with Crippen LogP contribution in [0.25, 0.3) is 0 Å². The molecule has 9 nitrogen and oxygen atoms in total. The number of nitrogens with zero attached hydrogens (tertiary/aromatic N) is 1. The standard InChI is InChI=1S/C70H132NO8P/c1-6-8-10-12-14-16-18-20-22-23-24-25-26-27-28-29-30-31-32-33-34-35-36-37-38-39-40-41-42-43-44-45-46-47-49-51-53-55-57-59-61-63-70(73)79-68(67-78-80(74,75)77-65-64-71(3,4)5)66-76-69(72)62-60-58-56-54-52-50-48-21-19-17-15-13-11-9-7-2/h18,20-21,23-24,26-27,48,68H,6-17,19,22,25,28-47,49-67H2,1-5H3/p+1/b20-18-,24-23-,27-26-,48-21-. The molecule has 0 bridgehead atoms. The quantitative estimate of drug-likeness (QED) is 0.0211. The smallest absolute Gasteiger partial charge is 0.462 e. The molecular formula is C70H133NO8P+. The predicted octanol–water partition coefficient (Wildman–Crippen LogP) is 22.1. The molecule has 0 amide bonds. The summed E-state index contributed by atoms with van der Waals surface area (Å²) in [5.41, 5.74) is 0. The maximum Gasteiger partial charge on any atom is 0.472 e. The van der Waals surface area contributed by atoms with Crippen molar-refractivity contribution in [2.75, 3.05) is 47.5 Å². The summed E-state index contributed by atoms with van der Waals surface area (Å²) < 4.78 is 34.6. The third-order valence-corrected chi connectivity index (χ3v) is 16.3. The Morgan fingerprint density at radius 2 is 0.675 bits per heavy atom. The molecular weight excluding hydrogens is 1010 g/mol. The number of esters is 2. The van der Waals surface area contributed by atoms with Crippen molar-refractivity contribution < 1.29 is 42.1 Å². The third kappa shape index (κ3) is 65.1. The summed E-state index contributed by atoms with van der Waals surface area (Å²) in [6.45, 7) is 4.45. The number of carbonyl (C=O) groups is 2. The van der Waals surface area contributed by atoms with E-state index in [1.165, 1.54) is 238 Å². The number of likely N-dealkylation sites (N-methyl/N-ethyl adjacent to an activating group) is 1. The molecule has 0 aromatic carbocycles. The average molecular weight is 1150 g/mol. The van der Waals surface area contributed by atoms with Gasteiger partial charge in [-0.1, -0.05) is 294 Å². The number of rotatable bonds is 64. The number of quaternary nitrogens is 1. The Bertz CT molecular complexity index is 1490. The van der Waals surface area contributed by atoms with Crippen LogP contribution in [0.15, 0.2) is 48.6 Å². The number of phosphoric acid groups is 1. The lowest BCUT2D eigenvalue weighted by atomic mass is 10.0. The van der Waals surface area contributed by atoms with E-state index in [1.54, 1.807) is 0 Å². The van der Waals surface area contributed by atoms with E-state index in [0.717, 1.165) is 64.2 Å². The number of unbranched alkanes of at least 4 members (excludes halogenated alkanes) is 42. The van der Waals surface area contributed by atoms with E-state index in [2.05, 4.69) is 62.5 Å². The highest BCUT2D eigenvalue weighted by Gasteiger charge is 2.27. The highest BCUT2D eigenvalue weighted by Crippen LogP contribution is 2.43. The predicted molar refractivity (Wildman–Crippen MR) is 344 cm³/mol. The molecule has 2 unspecified atom stereocenters. The first-order valence-electron chi connectivity index (χ1n) is 34.4. The van der Waals surface area contributed by atoms with Crippen LogP contribution in [0, 0.1) is 0 Å². The van der Waals surface area contributed by atoms with Gasteiger partial charge in [0.25, 0.3) is 0 Å². The summed E-state index contributed by atoms with van der Waals surface area (Å²) in [7, 11) is 1.49. The number of hydrogen-bond acceptors (Lipinski definition) is 7. The van der Waals surface area contributed by atoms with Gasteiger partial charge in [0.2, 0.25) is 0 Å². The lowest BCUT2D eigenvalue weighted by molar-refractivity contribution is -0.870. The Balaban J connectivity index is 3.87. The molecule has 0 saturated heterocycles. The van der Waals surface area contributed by atoms with Crippen molar-refractivity contribution in [1.82, 2.24) is 0 Å². The molecule has 0 fully saturated rings. The second kappa shape index (κ2) is 61.5. The normalized spacial score (nSPS) is 13.4. The Hall–Kier alpha value is -2.03. The van der Waals surface area contributed by atoms with E-state index in [-0.39, 0.29) is 32.0 Å². The van der Waals surface area contributed by atoms with Crippen LogP contribution in [0.2, 0.25) is 0 Å². The fraction of sp³-hybridized carbons (Fsp3) is 0.857. The molecule has 0 spiro atoms. The summed E-state index contributed by atoms with van der Waals surface area (Å²) in [5, 5.41) is 0. The highest BCUT2D eigenvalue weighted by molar-refractivity contribution is 7.47. The maximum atomic E-state index is 12.8. The topological polar surface area (TPSA) is 108 Å². The van der Waals surface area contributed by atoms with Crippen LogP contribution < -0.4 is 0 Å². The fourth-order valence-corrected chi connectivity index (χ4v) is 10.8. The second-order valence-electron chi connectivity index (χ2n) is 24.6. The van der Waals surface area contributed by atoms with Crippen molar-refractivity contribution in [2.45, 2.75) is 341 Å². The van der Waals surface area contributed by atoms with Gasteiger partial charge in [0.15, 0.2) is 6.10 Å². The van der Waals surface area contributed by atoms with Crippen LogP contribution in [0.4, 0.5) is 0 Å². The number of carbonyl (C=O) groups excluding carboxylic acids is 2. The van der Waals surface area contributed by atoms with E-state index in [0.29, 0.717) is 17.4 Å². The van der Waals surface area contributed by atoms with Crippen LogP contribution in [-0.4, -0.2) is 74.9 Å². The molecule has 0 aliphatic heterocycles. The maximum absolute atomic E-state index is 12.8. The fourth-order valence-electron chi connectivity index (χ4n) is 10.0. The van der Waals surface area contributed by atoms with Crippen LogP contribution in [0.3, 0.4) is 0 Å². The summed E-state index contributed by atoms with van der Waals surface area (Å²) in [5.74, 6) is -0.792. The van der Waals surface area contributed by atoms with Gasteiger partial charge in [-0.3, -0.25) is 18.6 Å². The van der Waals surface area contributed by atoms with E-state index in [9.17, 15) is 19.0 Å². The molecule has 0 rings (SSSR count). The summed E-state index contributed by atoms with van der Waals surface area (Å²) in [6.07, 6.45) is 79.5. The first-order chi connectivity index (χ1) is 39.0. The molecule has 0 radical (unpaired) electrons. The zero-order valence-corrected chi connectivity index (χ0v) is 54.5. The molecule has 0 aromatic heterocycles. The number of ether oxygens (including phenoxy) is 2. The van der Waals surface area contributed by atoms with Crippen LogP contribution in [0.1, 0.15) is 335 Å². The first-order valence-corrected chi connectivity index (χ1v) is 35.9. The molecule has 470 valence electrons. The van der Waals surface area contributed by atoms with E-state index < -0.39 is 26.5 Å². The third-order valence-electron chi connectivity index (χ3n) is 15.3. The van der Waals surface area contributed by atoms with Crippen molar-refractivity contribution >= 4 is 19.8 Å². The Morgan fingerprint density at radius 1 is 0.388 bits per heavy atom. The first kappa shape index (κ1) is 78.0. The molecule has 0 aliphatic rings. The Morgan fingerprint density at radius 3 is 1.01 bits per heavy atom. The minimum absolute atomic E-state index is 0.0324. The minimum atomic E-state index is -4.39. The van der Waals surface area contributed by atoms with Gasteiger partial charge in [0.05, 0.1) is 27.7 Å². The summed E-state index contributed by atoms with van der Waals surface area (Å²) in [4.78, 5) is 35.7. The van der Waals surface area contributed by atoms with Crippen molar-refractivity contribution in [3.63, 3.8) is 0 Å². The lowest BCUT2D eigenvalue weighted by Gasteiger charge is -2.24. The highest BCUT2D eigenvalue weighted by atomic mass is 31.2. The largest absolute Gasteiger partial charge is 0.472 e. The number of allylic oxidation sites excluding steroid dienone is 8. The van der Waals surface area contributed by atoms with Gasteiger partial charge in [0.1, 0.15) is 19.8 Å². The Kier molecular flexibility index (Phi) is 60.0. The SMILES string of the molecule is CCCCCCC/C=C\C/C=C\C/C=C\CCCCCCCCCCCCCCCCCCCCCCCCCCCCC(=O)OC(COC(=O)CCCCCCC/C=C\CCCCCCCC)COP(=O)(O)OCC[N+](C)(C)C. The molecule has 0 aliphatic carbocycles.